The smallest absolute Gasteiger partial charge is 0.327 e. The largest absolute Gasteiger partial charge is 0.332 e. The molecule has 2 heterocycles. The second kappa shape index (κ2) is 8.03. The highest BCUT2D eigenvalue weighted by Gasteiger charge is 2.37. The Morgan fingerprint density at radius 1 is 1.36 bits per heavy atom. The number of halogens is 2. The molecule has 2 fully saturated rings. The summed E-state index contributed by atoms with van der Waals surface area (Å²) in [4.78, 5) is 40.6. The molecule has 136 valence electrons. The van der Waals surface area contributed by atoms with Gasteiger partial charge >= 0.3 is 6.03 Å². The normalized spacial score (nSPS) is 20.7. The van der Waals surface area contributed by atoms with Crippen LogP contribution in [0.4, 0.5) is 4.79 Å². The topological polar surface area (TPSA) is 73.0 Å². The maximum atomic E-state index is 12.7. The van der Waals surface area contributed by atoms with Gasteiger partial charge < -0.3 is 15.1 Å². The standard InChI is InChI=1S/C16H19ClN4O3.ClH/c1-19-9-14(22)21(16(19)24)10-15(23)20-6-5-18-8-13(20)11-3-2-4-12(17)7-11;/h2-4,7,13,18H,5-6,8-10H2,1H3;1H. The van der Waals surface area contributed by atoms with Crippen molar-refractivity contribution >= 4 is 41.9 Å². The predicted molar refractivity (Wildman–Crippen MR) is 95.8 cm³/mol. The van der Waals surface area contributed by atoms with Crippen molar-refractivity contribution in [1.82, 2.24) is 20.0 Å². The summed E-state index contributed by atoms with van der Waals surface area (Å²) in [5, 5.41) is 3.87. The SMILES string of the molecule is CN1CC(=O)N(CC(=O)N2CCNCC2c2cccc(Cl)c2)C1=O.Cl. The molecule has 0 spiro atoms. The summed E-state index contributed by atoms with van der Waals surface area (Å²) in [7, 11) is 1.55. The van der Waals surface area contributed by atoms with Gasteiger partial charge in [0.25, 0.3) is 5.91 Å². The molecule has 1 aromatic rings. The molecule has 0 aromatic heterocycles. The first kappa shape index (κ1) is 19.5. The van der Waals surface area contributed by atoms with E-state index in [1.54, 1.807) is 18.0 Å². The molecule has 0 saturated carbocycles. The zero-order valence-corrected chi connectivity index (χ0v) is 15.3. The summed E-state index contributed by atoms with van der Waals surface area (Å²) in [5.74, 6) is -0.580. The van der Waals surface area contributed by atoms with Crippen LogP contribution in [-0.4, -0.2) is 72.3 Å². The molecule has 1 atom stereocenters. The maximum absolute atomic E-state index is 12.7. The van der Waals surface area contributed by atoms with E-state index in [4.69, 9.17) is 11.6 Å². The van der Waals surface area contributed by atoms with Crippen LogP contribution in [0.15, 0.2) is 24.3 Å². The first-order chi connectivity index (χ1) is 11.5. The van der Waals surface area contributed by atoms with E-state index in [-0.39, 0.29) is 43.4 Å². The summed E-state index contributed by atoms with van der Waals surface area (Å²) in [6.07, 6.45) is 0. The third kappa shape index (κ3) is 4.05. The summed E-state index contributed by atoms with van der Waals surface area (Å²) in [5.41, 5.74) is 0.930. The fraction of sp³-hybridized carbons (Fsp3) is 0.438. The Kier molecular flexibility index (Phi) is 6.26. The van der Waals surface area contributed by atoms with Crippen molar-refractivity contribution in [2.24, 2.45) is 0 Å². The molecular formula is C16H20Cl2N4O3. The highest BCUT2D eigenvalue weighted by molar-refractivity contribution is 6.30. The van der Waals surface area contributed by atoms with Crippen LogP contribution < -0.4 is 5.32 Å². The first-order valence-electron chi connectivity index (χ1n) is 7.78. The average molecular weight is 387 g/mol. The third-order valence-corrected chi connectivity index (χ3v) is 4.56. The van der Waals surface area contributed by atoms with Crippen molar-refractivity contribution in [3.63, 3.8) is 0 Å². The average Bonchev–Trinajstić information content (AvgIpc) is 2.81. The van der Waals surface area contributed by atoms with E-state index >= 15 is 0 Å². The quantitative estimate of drug-likeness (QED) is 0.790. The summed E-state index contributed by atoms with van der Waals surface area (Å²) >= 11 is 6.06. The zero-order chi connectivity index (χ0) is 17.3. The number of rotatable bonds is 3. The van der Waals surface area contributed by atoms with Crippen LogP contribution >= 0.6 is 24.0 Å². The lowest BCUT2D eigenvalue weighted by Gasteiger charge is -2.37. The number of benzene rings is 1. The number of nitrogens with zero attached hydrogens (tertiary/aromatic N) is 3. The molecule has 0 aliphatic carbocycles. The van der Waals surface area contributed by atoms with Crippen molar-refractivity contribution in [1.29, 1.82) is 0 Å². The predicted octanol–water partition coefficient (Wildman–Crippen LogP) is 1.13. The minimum absolute atomic E-state index is 0. The molecule has 0 radical (unpaired) electrons. The van der Waals surface area contributed by atoms with Crippen LogP contribution in [0.5, 0.6) is 0 Å². The van der Waals surface area contributed by atoms with Gasteiger partial charge in [-0.1, -0.05) is 23.7 Å². The molecule has 0 bridgehead atoms. The highest BCUT2D eigenvalue weighted by Crippen LogP contribution is 2.25. The van der Waals surface area contributed by atoms with Crippen molar-refractivity contribution in [2.75, 3.05) is 39.8 Å². The summed E-state index contributed by atoms with van der Waals surface area (Å²) < 4.78 is 0. The van der Waals surface area contributed by atoms with E-state index in [2.05, 4.69) is 5.32 Å². The van der Waals surface area contributed by atoms with Crippen LogP contribution in [-0.2, 0) is 9.59 Å². The minimum atomic E-state index is -0.428. The summed E-state index contributed by atoms with van der Waals surface area (Å²) in [6.45, 7) is 1.59. The number of hydrogen-bond donors (Lipinski definition) is 1. The van der Waals surface area contributed by atoms with Gasteiger partial charge in [-0.2, -0.15) is 0 Å². The molecule has 2 aliphatic rings. The number of imide groups is 1. The number of likely N-dealkylation sites (N-methyl/N-ethyl adjacent to an activating group) is 1. The Bertz CT molecular complexity index is 685. The lowest BCUT2D eigenvalue weighted by Crippen LogP contribution is -2.52. The molecule has 9 heteroatoms. The number of amides is 4. The molecule has 4 amide bonds. The molecule has 25 heavy (non-hydrogen) atoms. The fourth-order valence-corrected chi connectivity index (χ4v) is 3.26. The fourth-order valence-electron chi connectivity index (χ4n) is 3.07. The van der Waals surface area contributed by atoms with E-state index in [1.807, 2.05) is 18.2 Å². The second-order valence-corrected chi connectivity index (χ2v) is 6.42. The molecule has 3 rings (SSSR count). The molecule has 1 unspecified atom stereocenters. The van der Waals surface area contributed by atoms with Crippen molar-refractivity contribution in [2.45, 2.75) is 6.04 Å². The van der Waals surface area contributed by atoms with E-state index in [0.29, 0.717) is 24.7 Å². The maximum Gasteiger partial charge on any atom is 0.327 e. The lowest BCUT2D eigenvalue weighted by molar-refractivity contribution is -0.139. The Morgan fingerprint density at radius 2 is 2.12 bits per heavy atom. The van der Waals surface area contributed by atoms with E-state index in [1.165, 1.54) is 4.90 Å². The molecule has 1 N–H and O–H groups in total. The molecule has 1 aromatic carbocycles. The third-order valence-electron chi connectivity index (χ3n) is 4.32. The van der Waals surface area contributed by atoms with Gasteiger partial charge in [-0.15, -0.1) is 12.4 Å². The van der Waals surface area contributed by atoms with Crippen LogP contribution in [0.2, 0.25) is 5.02 Å². The number of carbonyl (C=O) groups is 3. The summed E-state index contributed by atoms with van der Waals surface area (Å²) in [6, 6.07) is 6.78. The van der Waals surface area contributed by atoms with Gasteiger partial charge in [0.1, 0.15) is 13.1 Å². The number of nitrogens with one attached hydrogen (secondary N) is 1. The van der Waals surface area contributed by atoms with E-state index in [9.17, 15) is 14.4 Å². The van der Waals surface area contributed by atoms with Gasteiger partial charge in [0.2, 0.25) is 5.91 Å². The Labute approximate surface area is 157 Å². The van der Waals surface area contributed by atoms with E-state index < -0.39 is 6.03 Å². The van der Waals surface area contributed by atoms with Gasteiger partial charge in [-0.3, -0.25) is 14.5 Å². The van der Waals surface area contributed by atoms with Crippen LogP contribution in [0.25, 0.3) is 0 Å². The molecule has 7 nitrogen and oxygen atoms in total. The number of piperazine rings is 1. The van der Waals surface area contributed by atoms with E-state index in [0.717, 1.165) is 10.5 Å². The Morgan fingerprint density at radius 3 is 2.76 bits per heavy atom. The van der Waals surface area contributed by atoms with Gasteiger partial charge in [0, 0.05) is 31.7 Å². The van der Waals surface area contributed by atoms with Crippen molar-refractivity contribution in [3.8, 4) is 0 Å². The number of urea groups is 1. The Hall–Kier alpha value is -1.83. The number of hydrogen-bond acceptors (Lipinski definition) is 4. The Balaban J connectivity index is 0.00000225. The highest BCUT2D eigenvalue weighted by atomic mass is 35.5. The monoisotopic (exact) mass is 386 g/mol. The second-order valence-electron chi connectivity index (χ2n) is 5.98. The zero-order valence-electron chi connectivity index (χ0n) is 13.8. The number of carbonyl (C=O) groups excluding carboxylic acids is 3. The molecule has 2 saturated heterocycles. The minimum Gasteiger partial charge on any atom is -0.332 e. The van der Waals surface area contributed by atoms with Crippen molar-refractivity contribution in [3.05, 3.63) is 34.9 Å². The van der Waals surface area contributed by atoms with Crippen LogP contribution in [0.3, 0.4) is 0 Å². The van der Waals surface area contributed by atoms with Crippen LogP contribution in [0.1, 0.15) is 11.6 Å². The van der Waals surface area contributed by atoms with Gasteiger partial charge in [-0.05, 0) is 17.7 Å². The lowest BCUT2D eigenvalue weighted by atomic mass is 10.0. The van der Waals surface area contributed by atoms with Gasteiger partial charge in [-0.25, -0.2) is 4.79 Å². The van der Waals surface area contributed by atoms with Crippen LogP contribution in [0, 0.1) is 0 Å². The first-order valence-corrected chi connectivity index (χ1v) is 8.16. The van der Waals surface area contributed by atoms with Crippen molar-refractivity contribution < 1.29 is 14.4 Å². The van der Waals surface area contributed by atoms with Gasteiger partial charge in [0.15, 0.2) is 0 Å². The van der Waals surface area contributed by atoms with Gasteiger partial charge in [0.05, 0.1) is 6.04 Å². The molecule has 2 aliphatic heterocycles. The molecular weight excluding hydrogens is 367 g/mol.